The molecule has 0 bridgehead atoms. The first-order chi connectivity index (χ1) is 11.6. The van der Waals surface area contributed by atoms with Crippen LogP contribution >= 0.6 is 11.8 Å². The maximum Gasteiger partial charge on any atom is 0.217 e. The lowest BCUT2D eigenvalue weighted by atomic mass is 9.95. The third-order valence-electron chi connectivity index (χ3n) is 3.99. The molecule has 1 aliphatic heterocycles. The smallest absolute Gasteiger partial charge is 0.217 e. The molecular weight excluding hydrogens is 327 g/mol. The fourth-order valence-electron chi connectivity index (χ4n) is 2.90. The molecule has 132 valence electrons. The van der Waals surface area contributed by atoms with Crippen LogP contribution in [0.5, 0.6) is 0 Å². The molecule has 0 radical (unpaired) electrons. The molecule has 1 aromatic carbocycles. The highest BCUT2D eigenvalue weighted by atomic mass is 32.2. The highest BCUT2D eigenvalue weighted by molar-refractivity contribution is 7.99. The molecule has 1 unspecified atom stereocenters. The molecule has 1 aliphatic rings. The third-order valence-corrected chi connectivity index (χ3v) is 5.00. The van der Waals surface area contributed by atoms with Gasteiger partial charge in [-0.2, -0.15) is 0 Å². The molecular formula is C17H25FN4OS. The number of halogens is 1. The van der Waals surface area contributed by atoms with E-state index in [-0.39, 0.29) is 11.7 Å². The minimum Gasteiger partial charge on any atom is -0.370 e. The van der Waals surface area contributed by atoms with Crippen LogP contribution in [-0.2, 0) is 4.79 Å². The van der Waals surface area contributed by atoms with Gasteiger partial charge in [0.25, 0.3) is 0 Å². The number of amides is 1. The van der Waals surface area contributed by atoms with Crippen LogP contribution in [-0.4, -0.2) is 49.2 Å². The van der Waals surface area contributed by atoms with Gasteiger partial charge in [-0.3, -0.25) is 9.79 Å². The molecule has 3 N–H and O–H groups in total. The molecule has 1 heterocycles. The maximum absolute atomic E-state index is 12.9. The van der Waals surface area contributed by atoms with Gasteiger partial charge in [-0.1, -0.05) is 0 Å². The van der Waals surface area contributed by atoms with Crippen LogP contribution in [0.25, 0.3) is 0 Å². The number of carbonyl (C=O) groups excluding carboxylic acids is 1. The first-order valence-electron chi connectivity index (χ1n) is 8.20. The lowest BCUT2D eigenvalue weighted by molar-refractivity contribution is -0.119. The number of primary amides is 1. The van der Waals surface area contributed by atoms with E-state index in [2.05, 4.69) is 15.2 Å². The number of hydrogen-bond acceptors (Lipinski definition) is 3. The Morgan fingerprint density at radius 1 is 1.46 bits per heavy atom. The zero-order chi connectivity index (χ0) is 17.4. The number of likely N-dealkylation sites (tertiary alicyclic amines) is 1. The number of guanidine groups is 1. The fourth-order valence-corrected chi connectivity index (χ4v) is 3.67. The van der Waals surface area contributed by atoms with Crippen LogP contribution in [0.15, 0.2) is 34.2 Å². The number of nitrogens with two attached hydrogens (primary N) is 1. The van der Waals surface area contributed by atoms with Gasteiger partial charge in [0.05, 0.1) is 0 Å². The second kappa shape index (κ2) is 9.52. The molecule has 1 amide bonds. The van der Waals surface area contributed by atoms with Crippen molar-refractivity contribution in [2.24, 2.45) is 16.6 Å². The second-order valence-corrected chi connectivity index (χ2v) is 7.07. The number of nitrogens with one attached hydrogen (secondary N) is 1. The Morgan fingerprint density at radius 2 is 2.21 bits per heavy atom. The molecule has 1 atom stereocenters. The third kappa shape index (κ3) is 6.03. The van der Waals surface area contributed by atoms with E-state index in [4.69, 9.17) is 5.73 Å². The van der Waals surface area contributed by atoms with Gasteiger partial charge in [-0.15, -0.1) is 11.8 Å². The van der Waals surface area contributed by atoms with E-state index in [1.165, 1.54) is 12.1 Å². The number of nitrogens with zero attached hydrogens (tertiary/aromatic N) is 2. The molecule has 1 fully saturated rings. The molecule has 0 saturated carbocycles. The molecule has 0 spiro atoms. The number of piperidine rings is 1. The summed E-state index contributed by atoms with van der Waals surface area (Å²) in [6.45, 7) is 2.53. The van der Waals surface area contributed by atoms with Gasteiger partial charge in [-0.05, 0) is 43.0 Å². The van der Waals surface area contributed by atoms with E-state index in [0.717, 1.165) is 49.1 Å². The molecule has 1 saturated heterocycles. The minimum absolute atomic E-state index is 0.214. The summed E-state index contributed by atoms with van der Waals surface area (Å²) in [6, 6.07) is 6.52. The zero-order valence-corrected chi connectivity index (χ0v) is 14.8. The molecule has 0 aromatic heterocycles. The van der Waals surface area contributed by atoms with Gasteiger partial charge in [0.2, 0.25) is 5.91 Å². The van der Waals surface area contributed by atoms with Gasteiger partial charge >= 0.3 is 0 Å². The number of benzene rings is 1. The second-order valence-electron chi connectivity index (χ2n) is 5.90. The average molecular weight is 352 g/mol. The standard InChI is InChI=1S/C17H25FN4OS/c1-20-17(22-9-2-3-13(12-22)11-16(19)23)21-8-10-24-15-6-4-14(18)5-7-15/h4-7,13H,2-3,8-12H2,1H3,(H2,19,23)(H,20,21). The predicted molar refractivity (Wildman–Crippen MR) is 96.6 cm³/mol. The Morgan fingerprint density at radius 3 is 2.88 bits per heavy atom. The van der Waals surface area contributed by atoms with Gasteiger partial charge < -0.3 is 16.0 Å². The Kier molecular flexibility index (Phi) is 7.36. The lowest BCUT2D eigenvalue weighted by Crippen LogP contribution is -2.47. The minimum atomic E-state index is -0.236. The molecule has 24 heavy (non-hydrogen) atoms. The van der Waals surface area contributed by atoms with E-state index in [9.17, 15) is 9.18 Å². The summed E-state index contributed by atoms with van der Waals surface area (Å²) in [5, 5.41) is 3.36. The Labute approximate surface area is 146 Å². The topological polar surface area (TPSA) is 70.7 Å². The van der Waals surface area contributed by atoms with Gasteiger partial charge in [0.15, 0.2) is 5.96 Å². The summed E-state index contributed by atoms with van der Waals surface area (Å²) in [4.78, 5) is 18.7. The van der Waals surface area contributed by atoms with E-state index in [0.29, 0.717) is 12.3 Å². The molecule has 0 aliphatic carbocycles. The summed E-state index contributed by atoms with van der Waals surface area (Å²) in [7, 11) is 1.77. The van der Waals surface area contributed by atoms with Crippen molar-refractivity contribution in [2.45, 2.75) is 24.2 Å². The van der Waals surface area contributed by atoms with Crippen LogP contribution in [0.1, 0.15) is 19.3 Å². The number of carbonyl (C=O) groups is 1. The summed E-state index contributed by atoms with van der Waals surface area (Å²) in [5.41, 5.74) is 5.31. The van der Waals surface area contributed by atoms with Crippen LogP contribution < -0.4 is 11.1 Å². The van der Waals surface area contributed by atoms with Gasteiger partial charge in [0, 0.05) is 43.8 Å². The van der Waals surface area contributed by atoms with Crippen molar-refractivity contribution < 1.29 is 9.18 Å². The Bertz CT molecular complexity index is 564. The van der Waals surface area contributed by atoms with Crippen molar-refractivity contribution >= 4 is 23.6 Å². The monoisotopic (exact) mass is 352 g/mol. The van der Waals surface area contributed by atoms with Crippen LogP contribution in [0.4, 0.5) is 4.39 Å². The predicted octanol–water partition coefficient (Wildman–Crippen LogP) is 2.08. The molecule has 2 rings (SSSR count). The van der Waals surface area contributed by atoms with Crippen molar-refractivity contribution in [1.82, 2.24) is 10.2 Å². The number of aliphatic imine (C=N–C) groups is 1. The summed E-state index contributed by atoms with van der Waals surface area (Å²) < 4.78 is 12.9. The van der Waals surface area contributed by atoms with E-state index in [1.54, 1.807) is 30.9 Å². The summed E-state index contributed by atoms with van der Waals surface area (Å²) in [5.74, 6) is 1.59. The Hall–Kier alpha value is -1.76. The van der Waals surface area contributed by atoms with Crippen LogP contribution in [0.2, 0.25) is 0 Å². The van der Waals surface area contributed by atoms with E-state index < -0.39 is 0 Å². The SMILES string of the molecule is CN=C(NCCSc1ccc(F)cc1)N1CCCC(CC(N)=O)C1. The summed E-state index contributed by atoms with van der Waals surface area (Å²) >= 11 is 1.67. The normalized spacial score (nSPS) is 18.5. The number of thioether (sulfide) groups is 1. The molecule has 7 heteroatoms. The van der Waals surface area contributed by atoms with Crippen LogP contribution in [0, 0.1) is 11.7 Å². The van der Waals surface area contributed by atoms with Crippen molar-refractivity contribution in [3.8, 4) is 0 Å². The highest BCUT2D eigenvalue weighted by Crippen LogP contribution is 2.20. The lowest BCUT2D eigenvalue weighted by Gasteiger charge is -2.34. The average Bonchev–Trinajstić information content (AvgIpc) is 2.56. The summed E-state index contributed by atoms with van der Waals surface area (Å²) in [6.07, 6.45) is 2.52. The zero-order valence-electron chi connectivity index (χ0n) is 14.0. The van der Waals surface area contributed by atoms with E-state index in [1.807, 2.05) is 0 Å². The highest BCUT2D eigenvalue weighted by Gasteiger charge is 2.23. The number of rotatable bonds is 6. The van der Waals surface area contributed by atoms with Crippen molar-refractivity contribution in [2.75, 3.05) is 32.4 Å². The maximum atomic E-state index is 12.9. The fraction of sp³-hybridized carbons (Fsp3) is 0.529. The van der Waals surface area contributed by atoms with Crippen LogP contribution in [0.3, 0.4) is 0 Å². The number of hydrogen-bond donors (Lipinski definition) is 2. The Balaban J connectivity index is 1.75. The first-order valence-corrected chi connectivity index (χ1v) is 9.19. The molecule has 1 aromatic rings. The van der Waals surface area contributed by atoms with Crippen molar-refractivity contribution in [1.29, 1.82) is 0 Å². The van der Waals surface area contributed by atoms with Crippen molar-refractivity contribution in [3.05, 3.63) is 30.1 Å². The largest absolute Gasteiger partial charge is 0.370 e. The van der Waals surface area contributed by atoms with E-state index >= 15 is 0 Å². The van der Waals surface area contributed by atoms with Gasteiger partial charge in [-0.25, -0.2) is 4.39 Å². The molecule has 5 nitrogen and oxygen atoms in total. The van der Waals surface area contributed by atoms with Crippen molar-refractivity contribution in [3.63, 3.8) is 0 Å². The van der Waals surface area contributed by atoms with Gasteiger partial charge in [0.1, 0.15) is 5.82 Å². The quantitative estimate of drug-likeness (QED) is 0.356. The first kappa shape index (κ1) is 18.6.